The molecule has 2 N–H and O–H groups in total. The summed E-state index contributed by atoms with van der Waals surface area (Å²) >= 11 is 3.09. The lowest BCUT2D eigenvalue weighted by atomic mass is 9.66. The number of carbonyl (C=O) groups excluding carboxylic acids is 2. The first-order chi connectivity index (χ1) is 15.6. The van der Waals surface area contributed by atoms with E-state index in [2.05, 4.69) is 31.5 Å². The van der Waals surface area contributed by atoms with Crippen LogP contribution in [0, 0.1) is 23.7 Å². The van der Waals surface area contributed by atoms with Crippen LogP contribution in [0.25, 0.3) is 0 Å². The molecule has 1 unspecified atom stereocenters. The number of ether oxygens (including phenoxy) is 1. The van der Waals surface area contributed by atoms with Crippen LogP contribution < -0.4 is 10.6 Å². The number of carbonyl (C=O) groups is 2. The molecule has 6 nitrogen and oxygen atoms in total. The summed E-state index contributed by atoms with van der Waals surface area (Å²) in [4.78, 5) is 30.2. The largest absolute Gasteiger partial charge is 0.444 e. The normalized spacial score (nSPS) is 19.2. The summed E-state index contributed by atoms with van der Waals surface area (Å²) in [5, 5.41) is 5.67. The van der Waals surface area contributed by atoms with Gasteiger partial charge in [0.25, 0.3) is 0 Å². The highest BCUT2D eigenvalue weighted by molar-refractivity contribution is 9.10. The van der Waals surface area contributed by atoms with Crippen LogP contribution in [0.3, 0.4) is 0 Å². The van der Waals surface area contributed by atoms with Gasteiger partial charge in [-0.3, -0.25) is 4.79 Å². The molecule has 0 saturated heterocycles. The number of alkyl carbamates (subject to hydrolysis) is 1. The van der Waals surface area contributed by atoms with Crippen molar-refractivity contribution in [2.45, 2.75) is 96.6 Å². The smallest absolute Gasteiger partial charge is 0.408 e. The summed E-state index contributed by atoms with van der Waals surface area (Å²) in [7, 11) is 0. The molecule has 2 fully saturated rings. The van der Waals surface area contributed by atoms with E-state index in [-0.39, 0.29) is 22.1 Å². The molecule has 2 aliphatic rings. The van der Waals surface area contributed by atoms with Crippen molar-refractivity contribution < 1.29 is 18.7 Å². The minimum atomic E-state index is -0.764. The Balaban J connectivity index is 1.89. The lowest BCUT2D eigenvalue weighted by molar-refractivity contribution is -0.121. The van der Waals surface area contributed by atoms with E-state index >= 15 is 0 Å². The second-order valence-corrected chi connectivity index (χ2v) is 11.3. The quantitative estimate of drug-likeness (QED) is 0.410. The Morgan fingerprint density at radius 1 is 1.03 bits per heavy atom. The summed E-state index contributed by atoms with van der Waals surface area (Å²) in [6.07, 6.45) is 10.7. The Kier molecular flexibility index (Phi) is 9.13. The number of hydrogen-bond acceptors (Lipinski definition) is 4. The number of rotatable bonds is 6. The average Bonchev–Trinajstić information content (AvgIpc) is 2.76. The Bertz CT molecular complexity index is 800. The van der Waals surface area contributed by atoms with E-state index in [0.29, 0.717) is 11.8 Å². The van der Waals surface area contributed by atoms with Crippen LogP contribution in [0.5, 0.6) is 0 Å². The van der Waals surface area contributed by atoms with Crippen molar-refractivity contribution >= 4 is 33.7 Å². The molecule has 0 radical (unpaired) electrons. The minimum absolute atomic E-state index is 0.0124. The first-order valence-electron chi connectivity index (χ1n) is 12.3. The number of pyridine rings is 1. The molecule has 0 bridgehead atoms. The number of nitrogens with one attached hydrogen (secondary N) is 2. The summed E-state index contributed by atoms with van der Waals surface area (Å²) in [6.45, 7) is 5.40. The van der Waals surface area contributed by atoms with Gasteiger partial charge in [-0.1, -0.05) is 64.2 Å². The molecule has 2 saturated carbocycles. The van der Waals surface area contributed by atoms with Crippen LogP contribution in [0.4, 0.5) is 15.0 Å². The number of hydrogen-bond donors (Lipinski definition) is 2. The minimum Gasteiger partial charge on any atom is -0.444 e. The zero-order valence-electron chi connectivity index (χ0n) is 20.0. The predicted molar refractivity (Wildman–Crippen MR) is 130 cm³/mol. The van der Waals surface area contributed by atoms with E-state index in [9.17, 15) is 14.0 Å². The molecular formula is C25H37BrFN3O3. The average molecular weight is 526 g/mol. The SMILES string of the molecule is CC(C)(C)OC(=O)NC(C(=O)Nc1ccc(Br)c(F)n1)C(C1CCCCC1)C1CCCCC1. The third-order valence-electron chi connectivity index (χ3n) is 6.78. The van der Waals surface area contributed by atoms with Gasteiger partial charge in [0.2, 0.25) is 11.9 Å². The molecular weight excluding hydrogens is 489 g/mol. The van der Waals surface area contributed by atoms with Crippen molar-refractivity contribution in [1.29, 1.82) is 0 Å². The third-order valence-corrected chi connectivity index (χ3v) is 7.37. The topological polar surface area (TPSA) is 80.3 Å². The van der Waals surface area contributed by atoms with Crippen LogP contribution in [-0.4, -0.2) is 28.6 Å². The molecule has 1 atom stereocenters. The number of anilines is 1. The van der Waals surface area contributed by atoms with Crippen LogP contribution in [0.2, 0.25) is 0 Å². The monoisotopic (exact) mass is 525 g/mol. The molecule has 0 aliphatic heterocycles. The van der Waals surface area contributed by atoms with Crippen LogP contribution >= 0.6 is 15.9 Å². The number of nitrogens with zero attached hydrogens (tertiary/aromatic N) is 1. The molecule has 0 spiro atoms. The molecule has 184 valence electrons. The van der Waals surface area contributed by atoms with Crippen molar-refractivity contribution in [2.75, 3.05) is 5.32 Å². The van der Waals surface area contributed by atoms with Crippen molar-refractivity contribution in [3.05, 3.63) is 22.6 Å². The number of aromatic nitrogens is 1. The highest BCUT2D eigenvalue weighted by Crippen LogP contribution is 2.42. The predicted octanol–water partition coefficient (Wildman–Crippen LogP) is 6.59. The van der Waals surface area contributed by atoms with Crippen molar-refractivity contribution in [2.24, 2.45) is 17.8 Å². The Hall–Kier alpha value is -1.70. The fourth-order valence-electron chi connectivity index (χ4n) is 5.43. The maximum absolute atomic E-state index is 14.0. The molecule has 33 heavy (non-hydrogen) atoms. The first-order valence-corrected chi connectivity index (χ1v) is 13.1. The maximum Gasteiger partial charge on any atom is 0.408 e. The Labute approximate surface area is 205 Å². The van der Waals surface area contributed by atoms with E-state index in [1.165, 1.54) is 18.9 Å². The summed E-state index contributed by atoms with van der Waals surface area (Å²) in [6, 6.07) is 2.29. The van der Waals surface area contributed by atoms with Crippen LogP contribution in [0.1, 0.15) is 85.0 Å². The summed E-state index contributed by atoms with van der Waals surface area (Å²) in [5.41, 5.74) is -0.674. The van der Waals surface area contributed by atoms with Gasteiger partial charge in [-0.05, 0) is 66.6 Å². The standard InChI is InChI=1S/C25H37BrFN3O3/c1-25(2,3)33-24(32)30-21(23(31)29-19-15-14-18(26)22(27)28-19)20(16-10-6-4-7-11-16)17-12-8-5-9-13-17/h14-17,20-21H,4-13H2,1-3H3,(H,30,32)(H,28,29,31). The van der Waals surface area contributed by atoms with Crippen molar-refractivity contribution in [1.82, 2.24) is 10.3 Å². The molecule has 0 aromatic carbocycles. The first kappa shape index (κ1) is 25.9. The Morgan fingerprint density at radius 3 is 2.06 bits per heavy atom. The molecule has 2 aliphatic carbocycles. The van der Waals surface area contributed by atoms with Gasteiger partial charge >= 0.3 is 6.09 Å². The second kappa shape index (κ2) is 11.6. The van der Waals surface area contributed by atoms with Gasteiger partial charge in [0.05, 0.1) is 4.47 Å². The highest BCUT2D eigenvalue weighted by Gasteiger charge is 2.41. The van der Waals surface area contributed by atoms with Crippen molar-refractivity contribution in [3.63, 3.8) is 0 Å². The molecule has 1 heterocycles. The zero-order chi connectivity index (χ0) is 24.0. The van der Waals surface area contributed by atoms with Gasteiger partial charge in [-0.25, -0.2) is 9.78 Å². The van der Waals surface area contributed by atoms with E-state index in [1.807, 2.05) is 0 Å². The van der Waals surface area contributed by atoms with Gasteiger partial charge in [0, 0.05) is 0 Å². The molecule has 1 aromatic rings. The van der Waals surface area contributed by atoms with Crippen molar-refractivity contribution in [3.8, 4) is 0 Å². The molecule has 8 heteroatoms. The lowest BCUT2D eigenvalue weighted by Crippen LogP contribution is -2.54. The number of halogens is 2. The second-order valence-electron chi connectivity index (χ2n) is 10.5. The fraction of sp³-hybridized carbons (Fsp3) is 0.720. The van der Waals surface area contributed by atoms with E-state index < -0.39 is 23.7 Å². The summed E-state index contributed by atoms with van der Waals surface area (Å²) in [5.74, 6) is -0.192. The fourth-order valence-corrected chi connectivity index (χ4v) is 5.65. The molecule has 3 rings (SSSR count). The summed E-state index contributed by atoms with van der Waals surface area (Å²) < 4.78 is 19.7. The third kappa shape index (κ3) is 7.66. The highest BCUT2D eigenvalue weighted by atomic mass is 79.9. The number of amides is 2. The van der Waals surface area contributed by atoms with Gasteiger partial charge < -0.3 is 15.4 Å². The van der Waals surface area contributed by atoms with Gasteiger partial charge in [0.1, 0.15) is 17.5 Å². The van der Waals surface area contributed by atoms with Gasteiger partial charge in [0.15, 0.2) is 0 Å². The van der Waals surface area contributed by atoms with E-state index in [0.717, 1.165) is 51.4 Å². The molecule has 2 amide bonds. The van der Waals surface area contributed by atoms with E-state index in [4.69, 9.17) is 4.74 Å². The lowest BCUT2D eigenvalue weighted by Gasteiger charge is -2.41. The van der Waals surface area contributed by atoms with Crippen LogP contribution in [-0.2, 0) is 9.53 Å². The van der Waals surface area contributed by atoms with E-state index in [1.54, 1.807) is 26.8 Å². The van der Waals surface area contributed by atoms with Gasteiger partial charge in [-0.15, -0.1) is 0 Å². The van der Waals surface area contributed by atoms with Gasteiger partial charge in [-0.2, -0.15) is 4.39 Å². The zero-order valence-corrected chi connectivity index (χ0v) is 21.5. The van der Waals surface area contributed by atoms with Crippen LogP contribution in [0.15, 0.2) is 16.6 Å². The molecule has 1 aromatic heterocycles. The Morgan fingerprint density at radius 2 is 1.58 bits per heavy atom. The maximum atomic E-state index is 14.0.